The van der Waals surface area contributed by atoms with Crippen LogP contribution in [0.15, 0.2) is 30.5 Å². The number of benzene rings is 1. The highest BCUT2D eigenvalue weighted by atomic mass is 15.2. The third-order valence-corrected chi connectivity index (χ3v) is 1.66. The molecule has 0 radical (unpaired) electrons. The fraction of sp³-hybridized carbons (Fsp3) is 0.364. The molecule has 2 heteroatoms. The Morgan fingerprint density at radius 2 is 1.77 bits per heavy atom. The molecule has 0 aliphatic rings. The van der Waals surface area contributed by atoms with Crippen LogP contribution in [0.5, 0.6) is 0 Å². The number of rotatable bonds is 0. The van der Waals surface area contributed by atoms with E-state index < -0.39 is 0 Å². The highest BCUT2D eigenvalue weighted by Crippen LogP contribution is 2.09. The topological polar surface area (TPSA) is 17.8 Å². The van der Waals surface area contributed by atoms with E-state index in [1.54, 1.807) is 0 Å². The minimum atomic E-state index is 0. The van der Waals surface area contributed by atoms with E-state index in [4.69, 9.17) is 0 Å². The Hall–Kier alpha value is -1.31. The average Bonchev–Trinajstić information content (AvgIpc) is 2.53. The second-order valence-electron chi connectivity index (χ2n) is 2.33. The van der Waals surface area contributed by atoms with Crippen LogP contribution in [0.3, 0.4) is 0 Å². The summed E-state index contributed by atoms with van der Waals surface area (Å²) >= 11 is 0. The van der Waals surface area contributed by atoms with Gasteiger partial charge in [-0.3, -0.25) is 4.68 Å². The summed E-state index contributed by atoms with van der Waals surface area (Å²) in [7, 11) is 1.95. The Kier molecular flexibility index (Phi) is 4.82. The van der Waals surface area contributed by atoms with E-state index in [0.29, 0.717) is 0 Å². The number of aromatic nitrogens is 2. The molecule has 0 aliphatic carbocycles. The molecule has 0 aliphatic heterocycles. The molecule has 0 saturated carbocycles. The number of hydrogen-bond acceptors (Lipinski definition) is 1. The van der Waals surface area contributed by atoms with Crippen LogP contribution in [-0.2, 0) is 7.05 Å². The van der Waals surface area contributed by atoms with Crippen LogP contribution < -0.4 is 0 Å². The van der Waals surface area contributed by atoms with Gasteiger partial charge < -0.3 is 0 Å². The molecule has 1 aromatic heterocycles. The van der Waals surface area contributed by atoms with Gasteiger partial charge in [-0.2, -0.15) is 5.10 Å². The van der Waals surface area contributed by atoms with Crippen LogP contribution in [0, 0.1) is 0 Å². The van der Waals surface area contributed by atoms with Gasteiger partial charge in [0.2, 0.25) is 0 Å². The van der Waals surface area contributed by atoms with E-state index in [1.807, 2.05) is 43.9 Å². The van der Waals surface area contributed by atoms with Gasteiger partial charge in [-0.15, -0.1) is 0 Å². The monoisotopic (exact) mass is 178 g/mol. The first-order valence-electron chi connectivity index (χ1n) is 4.25. The second kappa shape index (κ2) is 5.36. The molecule has 13 heavy (non-hydrogen) atoms. The lowest BCUT2D eigenvalue weighted by Crippen LogP contribution is -1.87. The SMILES string of the molecule is C.CC.Cn1ncc2ccccc21. The maximum atomic E-state index is 4.11. The molecule has 2 nitrogen and oxygen atoms in total. The number of aryl methyl sites for hydroxylation is 1. The summed E-state index contributed by atoms with van der Waals surface area (Å²) in [4.78, 5) is 0. The Bertz CT molecular complexity index is 350. The van der Waals surface area contributed by atoms with Gasteiger partial charge in [0, 0.05) is 12.4 Å². The molecule has 0 bridgehead atoms. The van der Waals surface area contributed by atoms with Gasteiger partial charge in [0.05, 0.1) is 11.7 Å². The van der Waals surface area contributed by atoms with Crippen molar-refractivity contribution in [2.75, 3.05) is 0 Å². The number of nitrogens with zero attached hydrogens (tertiary/aromatic N) is 2. The highest BCUT2D eigenvalue weighted by Gasteiger charge is 1.93. The van der Waals surface area contributed by atoms with Crippen molar-refractivity contribution < 1.29 is 0 Å². The van der Waals surface area contributed by atoms with E-state index >= 15 is 0 Å². The molecule has 0 atom stereocenters. The van der Waals surface area contributed by atoms with Crippen LogP contribution in [0.4, 0.5) is 0 Å². The molecular weight excluding hydrogens is 160 g/mol. The Morgan fingerprint density at radius 1 is 1.15 bits per heavy atom. The van der Waals surface area contributed by atoms with Crippen LogP contribution in [0.1, 0.15) is 21.3 Å². The van der Waals surface area contributed by atoms with Gasteiger partial charge in [-0.1, -0.05) is 39.5 Å². The molecule has 2 aromatic rings. The van der Waals surface area contributed by atoms with Gasteiger partial charge in [0.15, 0.2) is 0 Å². The predicted octanol–water partition coefficient (Wildman–Crippen LogP) is 3.24. The predicted molar refractivity (Wildman–Crippen MR) is 58.8 cm³/mol. The first-order chi connectivity index (χ1) is 5.88. The van der Waals surface area contributed by atoms with Gasteiger partial charge >= 0.3 is 0 Å². The van der Waals surface area contributed by atoms with Crippen molar-refractivity contribution in [1.82, 2.24) is 9.78 Å². The van der Waals surface area contributed by atoms with Crippen LogP contribution >= 0.6 is 0 Å². The molecule has 72 valence electrons. The van der Waals surface area contributed by atoms with Crippen LogP contribution in [-0.4, -0.2) is 9.78 Å². The largest absolute Gasteiger partial charge is 0.268 e. The minimum absolute atomic E-state index is 0. The summed E-state index contributed by atoms with van der Waals surface area (Å²) in [6, 6.07) is 8.15. The number of hydrogen-bond donors (Lipinski definition) is 0. The van der Waals surface area contributed by atoms with E-state index in [0.717, 1.165) is 0 Å². The molecule has 0 saturated heterocycles. The zero-order chi connectivity index (χ0) is 8.97. The van der Waals surface area contributed by atoms with E-state index in [1.165, 1.54) is 10.9 Å². The summed E-state index contributed by atoms with van der Waals surface area (Å²) in [5.74, 6) is 0. The molecule has 1 heterocycles. The first kappa shape index (κ1) is 11.7. The van der Waals surface area contributed by atoms with Crippen molar-refractivity contribution in [2.24, 2.45) is 7.05 Å². The van der Waals surface area contributed by atoms with Gasteiger partial charge in [0.1, 0.15) is 0 Å². The Morgan fingerprint density at radius 3 is 2.38 bits per heavy atom. The third-order valence-electron chi connectivity index (χ3n) is 1.66. The third kappa shape index (κ3) is 2.31. The van der Waals surface area contributed by atoms with Crippen molar-refractivity contribution in [3.05, 3.63) is 30.5 Å². The summed E-state index contributed by atoms with van der Waals surface area (Å²) < 4.78 is 1.87. The molecule has 1 aromatic carbocycles. The van der Waals surface area contributed by atoms with E-state index in [-0.39, 0.29) is 7.43 Å². The summed E-state index contributed by atoms with van der Waals surface area (Å²) in [6.07, 6.45) is 1.87. The zero-order valence-corrected chi connectivity index (χ0v) is 7.78. The van der Waals surface area contributed by atoms with Crippen molar-refractivity contribution >= 4 is 10.9 Å². The molecule has 0 fully saturated rings. The van der Waals surface area contributed by atoms with Crippen molar-refractivity contribution in [3.63, 3.8) is 0 Å². The summed E-state index contributed by atoms with van der Waals surface area (Å²) in [5, 5.41) is 5.31. The standard InChI is InChI=1S/C8H8N2.C2H6.CH4/c1-10-8-5-3-2-4-7(8)6-9-10;1-2;/h2-6H,1H3;1-2H3;1H4. The summed E-state index contributed by atoms with van der Waals surface area (Å²) in [6.45, 7) is 4.00. The Labute approximate surface area is 80.2 Å². The lowest BCUT2D eigenvalue weighted by atomic mass is 10.3. The van der Waals surface area contributed by atoms with Crippen LogP contribution in [0.2, 0.25) is 0 Å². The van der Waals surface area contributed by atoms with Crippen molar-refractivity contribution in [2.45, 2.75) is 21.3 Å². The lowest BCUT2D eigenvalue weighted by molar-refractivity contribution is 0.797. The highest BCUT2D eigenvalue weighted by molar-refractivity contribution is 5.78. The maximum Gasteiger partial charge on any atom is 0.0679 e. The lowest BCUT2D eigenvalue weighted by Gasteiger charge is -1.90. The normalized spacial score (nSPS) is 8.54. The molecule has 0 amide bonds. The number of para-hydroxylation sites is 1. The molecule has 2 rings (SSSR count). The maximum absolute atomic E-state index is 4.11. The van der Waals surface area contributed by atoms with E-state index in [9.17, 15) is 0 Å². The van der Waals surface area contributed by atoms with Crippen molar-refractivity contribution in [1.29, 1.82) is 0 Å². The zero-order valence-electron chi connectivity index (χ0n) is 7.78. The smallest absolute Gasteiger partial charge is 0.0679 e. The van der Waals surface area contributed by atoms with Gasteiger partial charge in [-0.25, -0.2) is 0 Å². The van der Waals surface area contributed by atoms with Gasteiger partial charge in [-0.05, 0) is 6.07 Å². The first-order valence-corrected chi connectivity index (χ1v) is 4.25. The Balaban J connectivity index is 0.000000451. The summed E-state index contributed by atoms with van der Waals surface area (Å²) in [5.41, 5.74) is 1.18. The fourth-order valence-corrected chi connectivity index (χ4v) is 1.10. The van der Waals surface area contributed by atoms with E-state index in [2.05, 4.69) is 17.2 Å². The average molecular weight is 178 g/mol. The number of fused-ring (bicyclic) bond motifs is 1. The molecular formula is C11H18N2. The molecule has 0 N–H and O–H groups in total. The van der Waals surface area contributed by atoms with Crippen LogP contribution in [0.25, 0.3) is 10.9 Å². The second-order valence-corrected chi connectivity index (χ2v) is 2.33. The molecule has 0 spiro atoms. The van der Waals surface area contributed by atoms with Gasteiger partial charge in [0.25, 0.3) is 0 Å². The quantitative estimate of drug-likeness (QED) is 0.605. The minimum Gasteiger partial charge on any atom is -0.268 e. The molecule has 0 unspecified atom stereocenters. The fourth-order valence-electron chi connectivity index (χ4n) is 1.10. The van der Waals surface area contributed by atoms with Crippen molar-refractivity contribution in [3.8, 4) is 0 Å².